The molecule has 14 heteroatoms. The molecule has 3 aliphatic heterocycles. The van der Waals surface area contributed by atoms with Crippen LogP contribution in [0.1, 0.15) is 75.2 Å². The fourth-order valence-corrected chi connectivity index (χ4v) is 9.02. The molecule has 328 valence electrons. The zero-order chi connectivity index (χ0) is 44.2. The van der Waals surface area contributed by atoms with Gasteiger partial charge in [0, 0.05) is 68.1 Å². The van der Waals surface area contributed by atoms with Gasteiger partial charge in [0.05, 0.1) is 29.1 Å². The van der Waals surface area contributed by atoms with Crippen LogP contribution in [0, 0.1) is 13.8 Å². The van der Waals surface area contributed by atoms with Gasteiger partial charge in [0.2, 0.25) is 11.8 Å². The highest BCUT2D eigenvalue weighted by Crippen LogP contribution is 2.42. The number of imide groups is 2. The highest BCUT2D eigenvalue weighted by molar-refractivity contribution is 6.31. The summed E-state index contributed by atoms with van der Waals surface area (Å²) in [6.07, 6.45) is 4.66. The molecular weight excluding hydrogens is 820 g/mol. The van der Waals surface area contributed by atoms with Crippen LogP contribution >= 0.6 is 11.6 Å². The highest BCUT2D eigenvalue weighted by atomic mass is 35.5. The van der Waals surface area contributed by atoms with Gasteiger partial charge in [0.1, 0.15) is 23.6 Å². The predicted molar refractivity (Wildman–Crippen MR) is 241 cm³/mol. The third-order valence-corrected chi connectivity index (χ3v) is 12.6. The monoisotopic (exact) mass is 872 g/mol. The molecule has 2 saturated heterocycles. The lowest BCUT2D eigenvalue weighted by Crippen LogP contribution is -2.54. The molecule has 0 spiro atoms. The molecule has 13 nitrogen and oxygen atoms in total. The van der Waals surface area contributed by atoms with Gasteiger partial charge in [-0.25, -0.2) is 0 Å². The number of fused-ring (bicyclic) bond motifs is 1. The van der Waals surface area contributed by atoms with E-state index < -0.39 is 29.7 Å². The molecule has 1 unspecified atom stereocenters. The third kappa shape index (κ3) is 9.65. The molecule has 3 aliphatic rings. The minimum absolute atomic E-state index is 0.0744. The quantitative estimate of drug-likeness (QED) is 0.0681. The van der Waals surface area contributed by atoms with E-state index in [1.807, 2.05) is 51.2 Å². The van der Waals surface area contributed by atoms with Gasteiger partial charge in [0.15, 0.2) is 0 Å². The van der Waals surface area contributed by atoms with Crippen molar-refractivity contribution in [3.05, 3.63) is 117 Å². The topological polar surface area (TPSA) is 155 Å². The minimum atomic E-state index is -1.00. The second kappa shape index (κ2) is 19.2. The fourth-order valence-electron chi connectivity index (χ4n) is 8.90. The first-order chi connectivity index (χ1) is 30.4. The Morgan fingerprint density at radius 1 is 0.873 bits per heavy atom. The van der Waals surface area contributed by atoms with Crippen molar-refractivity contribution in [1.29, 1.82) is 0 Å². The van der Waals surface area contributed by atoms with Crippen LogP contribution in [-0.2, 0) is 34.2 Å². The van der Waals surface area contributed by atoms with Gasteiger partial charge < -0.3 is 24.8 Å². The second-order valence-corrected chi connectivity index (χ2v) is 17.0. The number of halogens is 1. The Balaban J connectivity index is 0.759. The van der Waals surface area contributed by atoms with Gasteiger partial charge in [-0.2, -0.15) is 5.10 Å². The fraction of sp³-hybridized carbons (Fsp3) is 0.367. The van der Waals surface area contributed by atoms with Crippen molar-refractivity contribution in [2.75, 3.05) is 44.7 Å². The van der Waals surface area contributed by atoms with Crippen molar-refractivity contribution < 1.29 is 33.8 Å². The lowest BCUT2D eigenvalue weighted by atomic mass is 9.90. The number of nitrogens with one attached hydrogen (secondary N) is 2. The average Bonchev–Trinajstić information content (AvgIpc) is 3.74. The molecule has 8 rings (SSSR count). The molecule has 0 bridgehead atoms. The molecule has 3 N–H and O–H groups in total. The largest absolute Gasteiger partial charge is 0.507 e. The van der Waals surface area contributed by atoms with Crippen molar-refractivity contribution in [3.8, 4) is 33.9 Å². The third-order valence-electron chi connectivity index (χ3n) is 12.2. The molecule has 0 saturated carbocycles. The second-order valence-electron chi connectivity index (χ2n) is 16.6. The highest BCUT2D eigenvalue weighted by Gasteiger charge is 2.45. The first kappa shape index (κ1) is 43.6. The van der Waals surface area contributed by atoms with Crippen molar-refractivity contribution in [1.82, 2.24) is 24.9 Å². The molecule has 1 atom stereocenters. The number of aromatic hydroxyl groups is 1. The SMILES string of the molecule is Cc1cc(-c2ccc(CCc3ccc(OC4CCN(CCCOCCNc5cccc6c5C(=O)N(C5CCC(=O)NC5=O)C6=O)CC4)cc3)c(-c3ccc(Cl)c(C)c3)c2O)n(C)n1. The summed E-state index contributed by atoms with van der Waals surface area (Å²) in [4.78, 5) is 53.9. The van der Waals surface area contributed by atoms with Crippen molar-refractivity contribution in [3.63, 3.8) is 0 Å². The van der Waals surface area contributed by atoms with Crippen molar-refractivity contribution in [2.24, 2.45) is 7.05 Å². The number of carbonyl (C=O) groups excluding carboxylic acids is 4. The Labute approximate surface area is 372 Å². The number of hydrogen-bond donors (Lipinski definition) is 3. The number of aryl methyl sites for hydroxylation is 5. The van der Waals surface area contributed by atoms with E-state index in [4.69, 9.17) is 21.1 Å². The van der Waals surface area contributed by atoms with Gasteiger partial charge in [-0.3, -0.25) is 34.1 Å². The van der Waals surface area contributed by atoms with Gasteiger partial charge in [-0.15, -0.1) is 0 Å². The summed E-state index contributed by atoms with van der Waals surface area (Å²) in [5.74, 6) is -0.994. The zero-order valence-corrected chi connectivity index (χ0v) is 36.7. The van der Waals surface area contributed by atoms with Gasteiger partial charge >= 0.3 is 0 Å². The van der Waals surface area contributed by atoms with Gasteiger partial charge in [-0.1, -0.05) is 41.9 Å². The van der Waals surface area contributed by atoms with Crippen LogP contribution in [0.5, 0.6) is 11.5 Å². The molecule has 4 aromatic carbocycles. The zero-order valence-electron chi connectivity index (χ0n) is 35.9. The van der Waals surface area contributed by atoms with Crippen LogP contribution in [0.4, 0.5) is 5.69 Å². The number of aromatic nitrogens is 2. The number of phenolic OH excluding ortho intramolecular Hbond substituents is 1. The van der Waals surface area contributed by atoms with E-state index >= 15 is 0 Å². The molecular formula is C49H53ClN6O7. The number of hydrogen-bond acceptors (Lipinski definition) is 10. The molecule has 1 aromatic heterocycles. The number of rotatable bonds is 16. The molecule has 2 fully saturated rings. The van der Waals surface area contributed by atoms with Crippen molar-refractivity contribution >= 4 is 40.9 Å². The molecule has 0 aliphatic carbocycles. The first-order valence-corrected chi connectivity index (χ1v) is 22.1. The number of likely N-dealkylation sites (tertiary alicyclic amines) is 1. The van der Waals surface area contributed by atoms with Crippen LogP contribution in [0.3, 0.4) is 0 Å². The van der Waals surface area contributed by atoms with Crippen LogP contribution < -0.4 is 15.4 Å². The van der Waals surface area contributed by atoms with E-state index in [0.29, 0.717) is 30.5 Å². The number of piperidine rings is 2. The van der Waals surface area contributed by atoms with E-state index in [0.717, 1.165) is 102 Å². The maximum atomic E-state index is 13.3. The Morgan fingerprint density at radius 3 is 2.40 bits per heavy atom. The summed E-state index contributed by atoms with van der Waals surface area (Å²) in [6, 6.07) is 24.4. The van der Waals surface area contributed by atoms with E-state index in [1.165, 1.54) is 5.56 Å². The van der Waals surface area contributed by atoms with E-state index in [-0.39, 0.29) is 35.8 Å². The average molecular weight is 873 g/mol. The lowest BCUT2D eigenvalue weighted by Gasteiger charge is -2.32. The van der Waals surface area contributed by atoms with E-state index in [9.17, 15) is 24.3 Å². The lowest BCUT2D eigenvalue weighted by molar-refractivity contribution is -0.136. The standard InChI is InChI=1S/C49H53ClN6O7/c1-30-28-34(13-17-39(30)50)44-33(12-16-37(46(44)58)42-29-31(2)53-54(42)3)11-8-32-9-14-35(15-10-32)63-36-20-24-55(25-21-36)23-5-26-62-27-22-51-40-7-4-6-38-45(40)49(61)56(48(38)60)41-18-19-43(57)52-47(41)59/h4,6-7,9-10,12-17,28-29,36,41,51,58H,5,8,11,18-27H2,1-3H3,(H,52,57,59). The summed E-state index contributed by atoms with van der Waals surface area (Å²) in [5, 5.41) is 22.4. The molecule has 4 heterocycles. The van der Waals surface area contributed by atoms with E-state index in [1.54, 1.807) is 22.9 Å². The molecule has 5 aromatic rings. The maximum Gasteiger partial charge on any atom is 0.264 e. The smallest absolute Gasteiger partial charge is 0.264 e. The van der Waals surface area contributed by atoms with E-state index in [2.05, 4.69) is 51.0 Å². The summed E-state index contributed by atoms with van der Waals surface area (Å²) in [6.45, 7) is 8.21. The van der Waals surface area contributed by atoms with Crippen LogP contribution in [0.2, 0.25) is 5.02 Å². The number of amides is 4. The molecule has 63 heavy (non-hydrogen) atoms. The Morgan fingerprint density at radius 2 is 1.67 bits per heavy atom. The maximum absolute atomic E-state index is 13.3. The Bertz CT molecular complexity index is 2530. The number of nitrogens with zero attached hydrogens (tertiary/aromatic N) is 4. The normalized spacial score (nSPS) is 17.0. The Kier molecular flexibility index (Phi) is 13.3. The summed E-state index contributed by atoms with van der Waals surface area (Å²) < 4.78 is 14.1. The van der Waals surface area contributed by atoms with Crippen LogP contribution in [-0.4, -0.2) is 99.9 Å². The Hall–Kier alpha value is -6.02. The molecule has 0 radical (unpaired) electrons. The van der Waals surface area contributed by atoms with Crippen molar-refractivity contribution in [2.45, 2.75) is 70.9 Å². The summed E-state index contributed by atoms with van der Waals surface area (Å²) in [5.41, 5.74) is 8.42. The van der Waals surface area contributed by atoms with Crippen LogP contribution in [0.25, 0.3) is 22.4 Å². The number of anilines is 1. The van der Waals surface area contributed by atoms with Gasteiger partial charge in [-0.05, 0) is 123 Å². The minimum Gasteiger partial charge on any atom is -0.507 e. The number of carbonyl (C=O) groups is 4. The van der Waals surface area contributed by atoms with Gasteiger partial charge in [0.25, 0.3) is 11.8 Å². The number of phenols is 1. The first-order valence-electron chi connectivity index (χ1n) is 21.7. The number of benzene rings is 4. The molecule has 4 amide bonds. The van der Waals surface area contributed by atoms with Crippen LogP contribution in [0.15, 0.2) is 78.9 Å². The summed E-state index contributed by atoms with van der Waals surface area (Å²) >= 11 is 6.39. The number of ether oxygens (including phenoxy) is 2. The summed E-state index contributed by atoms with van der Waals surface area (Å²) in [7, 11) is 1.89. The predicted octanol–water partition coefficient (Wildman–Crippen LogP) is 7.28.